The van der Waals surface area contributed by atoms with Crippen LogP contribution in [0.25, 0.3) is 0 Å². The van der Waals surface area contributed by atoms with Gasteiger partial charge in [-0.15, -0.1) is 0 Å². The zero-order chi connectivity index (χ0) is 18.0. The summed E-state index contributed by atoms with van der Waals surface area (Å²) in [4.78, 5) is 12.2. The van der Waals surface area contributed by atoms with Crippen LogP contribution in [-0.4, -0.2) is 25.9 Å². The van der Waals surface area contributed by atoms with Gasteiger partial charge < -0.3 is 18.9 Å². The monoisotopic (exact) mass is 343 g/mol. The smallest absolute Gasteiger partial charge is 0.417 e. The Kier molecular flexibility index (Phi) is 4.44. The number of anilines is 1. The molecule has 1 amide bonds. The van der Waals surface area contributed by atoms with Crippen molar-refractivity contribution in [2.45, 2.75) is 25.9 Å². The van der Waals surface area contributed by atoms with Crippen molar-refractivity contribution in [1.29, 1.82) is 0 Å². The first-order valence-electron chi connectivity index (χ1n) is 7.93. The summed E-state index contributed by atoms with van der Waals surface area (Å²) in [5.74, 6) is 2.12. The van der Waals surface area contributed by atoms with Crippen LogP contribution in [0.4, 0.5) is 10.5 Å². The Morgan fingerprint density at radius 2 is 1.84 bits per heavy atom. The molecule has 1 N–H and O–H groups in total. The van der Waals surface area contributed by atoms with E-state index in [9.17, 15) is 4.79 Å². The van der Waals surface area contributed by atoms with Crippen molar-refractivity contribution in [1.82, 2.24) is 0 Å². The second-order valence-electron chi connectivity index (χ2n) is 6.37. The molecule has 0 spiro atoms. The third kappa shape index (κ3) is 3.63. The number of carbonyl (C=O) groups is 1. The Hall–Kier alpha value is -2.89. The maximum atomic E-state index is 12.2. The highest BCUT2D eigenvalue weighted by molar-refractivity contribution is 5.87. The summed E-state index contributed by atoms with van der Waals surface area (Å²) in [7, 11) is 3.09. The maximum absolute atomic E-state index is 12.2. The molecule has 2 aromatic rings. The van der Waals surface area contributed by atoms with Gasteiger partial charge in [0.15, 0.2) is 23.0 Å². The molecule has 0 atom stereocenters. The number of benzene rings is 2. The molecule has 6 heteroatoms. The van der Waals surface area contributed by atoms with Crippen molar-refractivity contribution in [2.75, 3.05) is 19.5 Å². The van der Waals surface area contributed by atoms with Crippen LogP contribution in [0.2, 0.25) is 0 Å². The second kappa shape index (κ2) is 6.55. The lowest BCUT2D eigenvalue weighted by Gasteiger charge is -2.18. The van der Waals surface area contributed by atoms with E-state index in [0.29, 0.717) is 28.7 Å². The molecule has 0 radical (unpaired) electrons. The van der Waals surface area contributed by atoms with Crippen LogP contribution in [-0.2, 0) is 6.42 Å². The van der Waals surface area contributed by atoms with Crippen LogP contribution >= 0.6 is 0 Å². The van der Waals surface area contributed by atoms with Crippen LogP contribution in [0.15, 0.2) is 36.4 Å². The molecule has 2 aromatic carbocycles. The Balaban J connectivity index is 1.74. The second-order valence-corrected chi connectivity index (χ2v) is 6.37. The van der Waals surface area contributed by atoms with E-state index in [2.05, 4.69) is 5.32 Å². The van der Waals surface area contributed by atoms with Gasteiger partial charge in [-0.25, -0.2) is 4.79 Å². The zero-order valence-corrected chi connectivity index (χ0v) is 14.7. The van der Waals surface area contributed by atoms with Crippen molar-refractivity contribution >= 4 is 11.8 Å². The third-order valence-corrected chi connectivity index (χ3v) is 3.89. The highest BCUT2D eigenvalue weighted by Gasteiger charge is 2.32. The number of amides is 1. The minimum absolute atomic E-state index is 0.304. The summed E-state index contributed by atoms with van der Waals surface area (Å²) in [6, 6.07) is 10.6. The number of methoxy groups -OCH3 is 2. The number of fused-ring (bicyclic) bond motifs is 1. The summed E-state index contributed by atoms with van der Waals surface area (Å²) in [5, 5.41) is 2.68. The number of carbonyl (C=O) groups excluding carboxylic acids is 1. The van der Waals surface area contributed by atoms with Crippen molar-refractivity contribution in [2.24, 2.45) is 0 Å². The fourth-order valence-corrected chi connectivity index (χ4v) is 2.82. The third-order valence-electron chi connectivity index (χ3n) is 3.89. The molecule has 132 valence electrons. The SMILES string of the molecule is COc1ccc(NC(=O)Oc2cccc3c2OC(C)(C)C3)cc1OC. The van der Waals surface area contributed by atoms with Gasteiger partial charge in [-0.05, 0) is 32.0 Å². The number of para-hydroxylation sites is 1. The van der Waals surface area contributed by atoms with E-state index in [-0.39, 0.29) is 5.60 Å². The van der Waals surface area contributed by atoms with Gasteiger partial charge in [-0.3, -0.25) is 5.32 Å². The molecule has 0 saturated heterocycles. The Labute approximate surface area is 146 Å². The maximum Gasteiger partial charge on any atom is 0.417 e. The normalized spacial score (nSPS) is 14.2. The van der Waals surface area contributed by atoms with Gasteiger partial charge in [-0.1, -0.05) is 12.1 Å². The zero-order valence-electron chi connectivity index (χ0n) is 14.7. The minimum Gasteiger partial charge on any atom is -0.493 e. The molecular formula is C19H21NO5. The first-order chi connectivity index (χ1) is 11.9. The van der Waals surface area contributed by atoms with Crippen LogP contribution < -0.4 is 24.3 Å². The highest BCUT2D eigenvalue weighted by atomic mass is 16.6. The first-order valence-corrected chi connectivity index (χ1v) is 7.93. The quantitative estimate of drug-likeness (QED) is 0.908. The predicted molar refractivity (Wildman–Crippen MR) is 94.0 cm³/mol. The summed E-state index contributed by atoms with van der Waals surface area (Å²) >= 11 is 0. The van der Waals surface area contributed by atoms with Gasteiger partial charge >= 0.3 is 6.09 Å². The number of rotatable bonds is 4. The molecule has 6 nitrogen and oxygen atoms in total. The van der Waals surface area contributed by atoms with Gasteiger partial charge in [0, 0.05) is 23.7 Å². The van der Waals surface area contributed by atoms with Gasteiger partial charge in [-0.2, -0.15) is 0 Å². The molecule has 0 aliphatic carbocycles. The van der Waals surface area contributed by atoms with E-state index in [4.69, 9.17) is 18.9 Å². The Bertz CT molecular complexity index is 800. The Morgan fingerprint density at radius 3 is 2.56 bits per heavy atom. The molecule has 0 unspecified atom stereocenters. The topological polar surface area (TPSA) is 66.0 Å². The number of hydrogen-bond donors (Lipinski definition) is 1. The van der Waals surface area contributed by atoms with Crippen molar-refractivity contribution in [3.63, 3.8) is 0 Å². The lowest BCUT2D eigenvalue weighted by molar-refractivity contribution is 0.133. The number of hydrogen-bond acceptors (Lipinski definition) is 5. The largest absolute Gasteiger partial charge is 0.493 e. The number of ether oxygens (including phenoxy) is 4. The van der Waals surface area contributed by atoms with Crippen LogP contribution in [0.3, 0.4) is 0 Å². The fourth-order valence-electron chi connectivity index (χ4n) is 2.82. The van der Waals surface area contributed by atoms with E-state index in [1.165, 1.54) is 7.11 Å². The fraction of sp³-hybridized carbons (Fsp3) is 0.316. The van der Waals surface area contributed by atoms with Crippen molar-refractivity contribution in [3.8, 4) is 23.0 Å². The van der Waals surface area contributed by atoms with Gasteiger partial charge in [0.1, 0.15) is 5.60 Å². The summed E-state index contributed by atoms with van der Waals surface area (Å²) in [6.07, 6.45) is 0.172. The van der Waals surface area contributed by atoms with Crippen LogP contribution in [0.1, 0.15) is 19.4 Å². The van der Waals surface area contributed by atoms with E-state index in [0.717, 1.165) is 12.0 Å². The predicted octanol–water partition coefficient (Wildman–Crippen LogP) is 4.03. The van der Waals surface area contributed by atoms with E-state index < -0.39 is 6.09 Å². The lowest BCUT2D eigenvalue weighted by Crippen LogP contribution is -2.25. The molecule has 0 saturated carbocycles. The molecule has 1 aliphatic rings. The van der Waals surface area contributed by atoms with Crippen LogP contribution in [0.5, 0.6) is 23.0 Å². The van der Waals surface area contributed by atoms with Crippen molar-refractivity contribution in [3.05, 3.63) is 42.0 Å². The molecule has 25 heavy (non-hydrogen) atoms. The molecule has 0 bridgehead atoms. The minimum atomic E-state index is -0.603. The van der Waals surface area contributed by atoms with Gasteiger partial charge in [0.2, 0.25) is 0 Å². The summed E-state index contributed by atoms with van der Waals surface area (Å²) in [5.41, 5.74) is 1.26. The average molecular weight is 343 g/mol. The molecule has 1 aliphatic heterocycles. The Morgan fingerprint density at radius 1 is 1.08 bits per heavy atom. The molecule has 1 heterocycles. The molecule has 0 aromatic heterocycles. The van der Waals surface area contributed by atoms with Crippen molar-refractivity contribution < 1.29 is 23.7 Å². The van der Waals surface area contributed by atoms with E-state index in [1.807, 2.05) is 26.0 Å². The number of nitrogens with one attached hydrogen (secondary N) is 1. The summed E-state index contributed by atoms with van der Waals surface area (Å²) < 4.78 is 21.7. The standard InChI is InChI=1S/C19H21NO5/c1-19(2)11-12-6-5-7-15(17(12)25-19)24-18(21)20-13-8-9-14(22-3)16(10-13)23-4/h5-10H,11H2,1-4H3,(H,20,21). The van der Waals surface area contributed by atoms with E-state index >= 15 is 0 Å². The molecular weight excluding hydrogens is 322 g/mol. The van der Waals surface area contributed by atoms with Gasteiger partial charge in [0.05, 0.1) is 14.2 Å². The van der Waals surface area contributed by atoms with E-state index in [1.54, 1.807) is 31.4 Å². The van der Waals surface area contributed by atoms with Gasteiger partial charge in [0.25, 0.3) is 0 Å². The highest BCUT2D eigenvalue weighted by Crippen LogP contribution is 2.41. The first kappa shape index (κ1) is 17.0. The molecule has 3 rings (SSSR count). The average Bonchev–Trinajstić information content (AvgIpc) is 2.89. The molecule has 0 fully saturated rings. The lowest BCUT2D eigenvalue weighted by atomic mass is 10.0. The summed E-state index contributed by atoms with van der Waals surface area (Å²) in [6.45, 7) is 4.00. The van der Waals surface area contributed by atoms with Crippen LogP contribution in [0, 0.1) is 0 Å².